The second-order valence-electron chi connectivity index (χ2n) is 10.7. The number of aromatic nitrogens is 3. The summed E-state index contributed by atoms with van der Waals surface area (Å²) < 4.78 is 53.3. The van der Waals surface area contributed by atoms with Crippen LogP contribution < -0.4 is 5.56 Å². The lowest BCUT2D eigenvalue weighted by Crippen LogP contribution is -2.62. The van der Waals surface area contributed by atoms with Gasteiger partial charge in [-0.3, -0.25) is 13.7 Å². The van der Waals surface area contributed by atoms with Gasteiger partial charge in [0, 0.05) is 31.0 Å². The average molecular weight is 531 g/mol. The van der Waals surface area contributed by atoms with Crippen molar-refractivity contribution in [3.63, 3.8) is 0 Å². The number of hydrogen-bond donors (Lipinski definition) is 0. The Morgan fingerprint density at radius 3 is 2.65 bits per heavy atom. The maximum atomic E-state index is 14.6. The first kappa shape index (κ1) is 24.7. The molecule has 0 amide bonds. The van der Waals surface area contributed by atoms with Gasteiger partial charge in [-0.2, -0.15) is 0 Å². The van der Waals surface area contributed by atoms with E-state index in [0.29, 0.717) is 34.8 Å². The van der Waals surface area contributed by atoms with Crippen molar-refractivity contribution < 1.29 is 17.9 Å². The SMILES string of the molecule is COC1(c2cc3c(CCc4cccc(C(F)F)c4F)ncnc3n(C)c2=O)CC2(CS(=NC3CC3)C2)C1. The molecule has 1 spiro atoms. The van der Waals surface area contributed by atoms with Crippen molar-refractivity contribution in [2.75, 3.05) is 18.6 Å². The van der Waals surface area contributed by atoms with E-state index in [2.05, 4.69) is 9.97 Å². The molecule has 2 aliphatic carbocycles. The van der Waals surface area contributed by atoms with E-state index in [0.717, 1.165) is 30.4 Å². The molecule has 0 N–H and O–H groups in total. The number of rotatable bonds is 7. The van der Waals surface area contributed by atoms with Crippen molar-refractivity contribution in [3.05, 3.63) is 69.1 Å². The molecule has 3 aromatic rings. The minimum Gasteiger partial charge on any atom is -0.373 e. The van der Waals surface area contributed by atoms with Crippen molar-refractivity contribution in [2.45, 2.75) is 56.6 Å². The first-order valence-electron chi connectivity index (χ1n) is 12.6. The molecule has 0 unspecified atom stereocenters. The molecule has 3 heterocycles. The maximum absolute atomic E-state index is 14.6. The Balaban J connectivity index is 1.30. The quantitative estimate of drug-likeness (QED) is 0.441. The van der Waals surface area contributed by atoms with Gasteiger partial charge in [-0.25, -0.2) is 23.1 Å². The Hall–Kier alpha value is -2.59. The third-order valence-corrected chi connectivity index (χ3v) is 10.5. The smallest absolute Gasteiger partial charge is 0.266 e. The molecule has 6 nitrogen and oxygen atoms in total. The normalized spacial score (nSPS) is 26.9. The minimum atomic E-state index is -2.87. The molecular weight excluding hydrogens is 501 g/mol. The molecule has 196 valence electrons. The molecule has 0 bridgehead atoms. The largest absolute Gasteiger partial charge is 0.373 e. The molecule has 3 fully saturated rings. The van der Waals surface area contributed by atoms with Crippen molar-refractivity contribution in [1.29, 1.82) is 0 Å². The van der Waals surface area contributed by atoms with Crippen LogP contribution in [0.15, 0.2) is 39.8 Å². The van der Waals surface area contributed by atoms with E-state index in [1.807, 2.05) is 6.07 Å². The van der Waals surface area contributed by atoms with Crippen LogP contribution in [-0.4, -0.2) is 39.2 Å². The standard InChI is InChI=1S/C27H29F3N4O2S/c1-34-24-19(21(31-15-32-24)9-6-16-4-3-5-18(22(16)28)23(29)30)10-20(25(34)35)27(36-2)11-26(12-27)13-37(14-26)33-17-7-8-17/h3-5,10,15,17,23H,6-9,11-14H2,1-2H3. The summed E-state index contributed by atoms with van der Waals surface area (Å²) in [7, 11) is 3.49. The van der Waals surface area contributed by atoms with Crippen molar-refractivity contribution >= 4 is 21.7 Å². The van der Waals surface area contributed by atoms with Gasteiger partial charge in [0.05, 0.1) is 28.5 Å². The molecule has 2 saturated carbocycles. The van der Waals surface area contributed by atoms with Crippen molar-refractivity contribution in [2.24, 2.45) is 16.8 Å². The number of hydrogen-bond acceptors (Lipinski definition) is 5. The Kier molecular flexibility index (Phi) is 6.02. The first-order chi connectivity index (χ1) is 17.7. The van der Waals surface area contributed by atoms with Crippen LogP contribution >= 0.6 is 0 Å². The van der Waals surface area contributed by atoms with Crippen LogP contribution in [0, 0.1) is 11.2 Å². The van der Waals surface area contributed by atoms with Gasteiger partial charge in [0.15, 0.2) is 0 Å². The van der Waals surface area contributed by atoms with Crippen LogP contribution in [0.4, 0.5) is 13.2 Å². The van der Waals surface area contributed by atoms with E-state index >= 15 is 0 Å². The summed E-state index contributed by atoms with van der Waals surface area (Å²) in [5, 5.41) is 0.694. The van der Waals surface area contributed by atoms with Gasteiger partial charge in [0.1, 0.15) is 17.8 Å². The number of ether oxygens (including phenoxy) is 1. The van der Waals surface area contributed by atoms with Crippen LogP contribution in [-0.2, 0) is 40.9 Å². The Morgan fingerprint density at radius 2 is 1.97 bits per heavy atom. The number of pyridine rings is 1. The van der Waals surface area contributed by atoms with Crippen molar-refractivity contribution in [1.82, 2.24) is 14.5 Å². The topological polar surface area (TPSA) is 69.4 Å². The molecule has 0 radical (unpaired) electrons. The lowest BCUT2D eigenvalue weighted by Gasteiger charge is -2.60. The summed E-state index contributed by atoms with van der Waals surface area (Å²) in [6.07, 6.45) is 3.04. The van der Waals surface area contributed by atoms with Crippen LogP contribution in [0.1, 0.15) is 54.5 Å². The zero-order valence-electron chi connectivity index (χ0n) is 20.8. The number of benzene rings is 1. The fourth-order valence-electron chi connectivity index (χ4n) is 6.00. The number of nitrogens with zero attached hydrogens (tertiary/aromatic N) is 4. The summed E-state index contributed by atoms with van der Waals surface area (Å²) in [6.45, 7) is 0. The summed E-state index contributed by atoms with van der Waals surface area (Å²) in [4.78, 5) is 22.2. The van der Waals surface area contributed by atoms with E-state index in [-0.39, 0.29) is 33.6 Å². The molecule has 6 rings (SSSR count). The van der Waals surface area contributed by atoms with Crippen LogP contribution in [0.2, 0.25) is 0 Å². The molecule has 2 aromatic heterocycles. The molecule has 10 heteroatoms. The van der Waals surface area contributed by atoms with E-state index in [4.69, 9.17) is 9.10 Å². The van der Waals surface area contributed by atoms with Gasteiger partial charge < -0.3 is 4.74 Å². The van der Waals surface area contributed by atoms with Gasteiger partial charge in [-0.15, -0.1) is 0 Å². The zero-order valence-corrected chi connectivity index (χ0v) is 21.7. The molecule has 1 aromatic carbocycles. The Morgan fingerprint density at radius 1 is 1.22 bits per heavy atom. The lowest BCUT2D eigenvalue weighted by molar-refractivity contribution is -0.147. The van der Waals surface area contributed by atoms with Gasteiger partial charge in [0.25, 0.3) is 12.0 Å². The molecule has 1 aliphatic heterocycles. The Labute approximate surface area is 215 Å². The zero-order chi connectivity index (χ0) is 25.9. The van der Waals surface area contributed by atoms with Crippen LogP contribution in [0.3, 0.4) is 0 Å². The maximum Gasteiger partial charge on any atom is 0.266 e. The molecular formula is C27H29F3N4O2S. The predicted octanol–water partition coefficient (Wildman–Crippen LogP) is 4.79. The van der Waals surface area contributed by atoms with E-state index < -0.39 is 23.4 Å². The second-order valence-corrected chi connectivity index (χ2v) is 12.5. The van der Waals surface area contributed by atoms with Crippen molar-refractivity contribution in [3.8, 4) is 0 Å². The van der Waals surface area contributed by atoms with E-state index in [1.165, 1.54) is 35.9 Å². The fourth-order valence-corrected chi connectivity index (χ4v) is 8.52. The summed E-state index contributed by atoms with van der Waals surface area (Å²) in [5.74, 6) is 1.29. The molecule has 37 heavy (non-hydrogen) atoms. The van der Waals surface area contributed by atoms with Crippen LogP contribution in [0.25, 0.3) is 11.0 Å². The highest BCUT2D eigenvalue weighted by molar-refractivity contribution is 7.88. The molecule has 1 saturated heterocycles. The number of aryl methyl sites for hydroxylation is 3. The third-order valence-electron chi connectivity index (χ3n) is 8.05. The van der Waals surface area contributed by atoms with Gasteiger partial charge in [-0.1, -0.05) is 28.9 Å². The highest BCUT2D eigenvalue weighted by Crippen LogP contribution is 2.60. The minimum absolute atomic E-state index is 0.148. The van der Waals surface area contributed by atoms with Crippen LogP contribution in [0.5, 0.6) is 0 Å². The molecule has 0 atom stereocenters. The van der Waals surface area contributed by atoms with E-state index in [1.54, 1.807) is 14.2 Å². The Bertz CT molecular complexity index is 1470. The molecule has 3 aliphatic rings. The third kappa shape index (κ3) is 4.22. The number of methoxy groups -OCH3 is 1. The average Bonchev–Trinajstić information content (AvgIpc) is 3.66. The fraction of sp³-hybridized carbons (Fsp3) is 0.519. The lowest BCUT2D eigenvalue weighted by atomic mass is 9.58. The number of alkyl halides is 2. The number of halogens is 3. The first-order valence-corrected chi connectivity index (χ1v) is 14.1. The van der Waals surface area contributed by atoms with Gasteiger partial charge >= 0.3 is 0 Å². The summed E-state index contributed by atoms with van der Waals surface area (Å²) >= 11 is 0. The summed E-state index contributed by atoms with van der Waals surface area (Å²) in [6, 6.07) is 6.47. The second kappa shape index (κ2) is 9.01. The predicted molar refractivity (Wildman–Crippen MR) is 136 cm³/mol. The number of fused-ring (bicyclic) bond motifs is 1. The highest BCUT2D eigenvalue weighted by Gasteiger charge is 2.61. The summed E-state index contributed by atoms with van der Waals surface area (Å²) in [5.41, 5.74) is 0.699. The van der Waals surface area contributed by atoms with Gasteiger partial charge in [0.2, 0.25) is 0 Å². The highest BCUT2D eigenvalue weighted by atomic mass is 32.2. The monoisotopic (exact) mass is 530 g/mol. The van der Waals surface area contributed by atoms with E-state index in [9.17, 15) is 18.0 Å². The van der Waals surface area contributed by atoms with Gasteiger partial charge in [-0.05, 0) is 55.6 Å².